The van der Waals surface area contributed by atoms with Crippen molar-refractivity contribution in [3.8, 4) is 10.6 Å². The number of alkyl halides is 3. The van der Waals surface area contributed by atoms with E-state index in [0.717, 1.165) is 36.2 Å². The van der Waals surface area contributed by atoms with Gasteiger partial charge in [0.05, 0.1) is 16.8 Å². The summed E-state index contributed by atoms with van der Waals surface area (Å²) in [5, 5.41) is 11.6. The number of halogens is 3. The third-order valence-corrected chi connectivity index (χ3v) is 5.85. The van der Waals surface area contributed by atoms with Crippen molar-refractivity contribution in [1.82, 2.24) is 10.2 Å². The second kappa shape index (κ2) is 8.62. The molecule has 0 aliphatic rings. The zero-order chi connectivity index (χ0) is 22.9. The molecule has 32 heavy (non-hydrogen) atoms. The lowest BCUT2D eigenvalue weighted by molar-refractivity contribution is -0.136. The number of fused-ring (bicyclic) bond motifs is 1. The Morgan fingerprint density at radius 3 is 2.53 bits per heavy atom. The Balaban J connectivity index is 1.66. The van der Waals surface area contributed by atoms with Crippen molar-refractivity contribution in [3.05, 3.63) is 64.5 Å². The highest BCUT2D eigenvalue weighted by molar-refractivity contribution is 7.18. The zero-order valence-electron chi connectivity index (χ0n) is 17.2. The van der Waals surface area contributed by atoms with Crippen LogP contribution in [-0.2, 0) is 6.18 Å². The predicted octanol–water partition coefficient (Wildman–Crippen LogP) is 5.92. The average molecular weight is 460 g/mol. The largest absolute Gasteiger partial charge is 0.422 e. The number of hydrogen-bond donors (Lipinski definition) is 1. The standard InChI is InChI=1S/C22H19F3N4O2S/c1-3-29(4-2)14-10-9-13-11-15(20(30)31-18(13)12-14)19-27-28-21(32-19)26-17-8-6-5-7-16(17)22(23,24)25/h5-12H,3-4H2,1-2H3,(H,26,28). The van der Waals surface area contributed by atoms with Gasteiger partial charge in [0.25, 0.3) is 0 Å². The number of hydrogen-bond acceptors (Lipinski definition) is 7. The second-order valence-electron chi connectivity index (χ2n) is 6.92. The molecule has 0 bridgehead atoms. The highest BCUT2D eigenvalue weighted by Crippen LogP contribution is 2.37. The highest BCUT2D eigenvalue weighted by atomic mass is 32.1. The fourth-order valence-corrected chi connectivity index (χ4v) is 4.13. The van der Waals surface area contributed by atoms with Crippen LogP contribution in [0.1, 0.15) is 19.4 Å². The molecule has 0 fully saturated rings. The van der Waals surface area contributed by atoms with Crippen LogP contribution in [0.5, 0.6) is 0 Å². The molecule has 0 aliphatic heterocycles. The minimum Gasteiger partial charge on any atom is -0.422 e. The van der Waals surface area contributed by atoms with Crippen LogP contribution in [0.15, 0.2) is 57.7 Å². The molecular weight excluding hydrogens is 441 g/mol. The molecule has 0 amide bonds. The van der Waals surface area contributed by atoms with Gasteiger partial charge in [0, 0.05) is 30.2 Å². The van der Waals surface area contributed by atoms with Crippen molar-refractivity contribution in [1.29, 1.82) is 0 Å². The smallest absolute Gasteiger partial charge is 0.418 e. The van der Waals surface area contributed by atoms with Gasteiger partial charge in [-0.15, -0.1) is 10.2 Å². The fraction of sp³-hybridized carbons (Fsp3) is 0.227. The molecular formula is C22H19F3N4O2S. The topological polar surface area (TPSA) is 71.3 Å². The lowest BCUT2D eigenvalue weighted by Crippen LogP contribution is -2.21. The van der Waals surface area contributed by atoms with Gasteiger partial charge < -0.3 is 14.6 Å². The summed E-state index contributed by atoms with van der Waals surface area (Å²) in [7, 11) is 0. The minimum atomic E-state index is -4.51. The number of aromatic nitrogens is 2. The quantitative estimate of drug-likeness (QED) is 0.360. The molecule has 6 nitrogen and oxygen atoms in total. The zero-order valence-corrected chi connectivity index (χ0v) is 18.0. The van der Waals surface area contributed by atoms with Crippen molar-refractivity contribution in [2.45, 2.75) is 20.0 Å². The summed E-state index contributed by atoms with van der Waals surface area (Å²) in [6.45, 7) is 5.73. The van der Waals surface area contributed by atoms with Gasteiger partial charge in [-0.25, -0.2) is 4.79 Å². The van der Waals surface area contributed by atoms with Gasteiger partial charge in [0.15, 0.2) is 5.01 Å². The maximum Gasteiger partial charge on any atom is 0.418 e. The fourth-order valence-electron chi connectivity index (χ4n) is 3.37. The number of nitrogens with zero attached hydrogens (tertiary/aromatic N) is 3. The van der Waals surface area contributed by atoms with Crippen molar-refractivity contribution in [3.63, 3.8) is 0 Å². The van der Waals surface area contributed by atoms with Gasteiger partial charge >= 0.3 is 11.8 Å². The first-order valence-electron chi connectivity index (χ1n) is 9.90. The van der Waals surface area contributed by atoms with E-state index in [2.05, 4.69) is 20.4 Å². The molecule has 0 unspecified atom stereocenters. The number of benzene rings is 2. The maximum absolute atomic E-state index is 13.2. The van der Waals surface area contributed by atoms with Crippen LogP contribution in [0.3, 0.4) is 0 Å². The lowest BCUT2D eigenvalue weighted by Gasteiger charge is -2.20. The van der Waals surface area contributed by atoms with Gasteiger partial charge in [-0.3, -0.25) is 0 Å². The number of anilines is 3. The molecule has 2 aromatic carbocycles. The van der Waals surface area contributed by atoms with Gasteiger partial charge in [-0.1, -0.05) is 23.5 Å². The van der Waals surface area contributed by atoms with Crippen LogP contribution in [0.2, 0.25) is 0 Å². The maximum atomic E-state index is 13.2. The van der Waals surface area contributed by atoms with E-state index in [9.17, 15) is 18.0 Å². The van der Waals surface area contributed by atoms with Crippen LogP contribution in [0.4, 0.5) is 29.7 Å². The van der Waals surface area contributed by atoms with Gasteiger partial charge in [0.2, 0.25) is 5.13 Å². The Kier molecular flexibility index (Phi) is 5.88. The number of nitrogens with one attached hydrogen (secondary N) is 1. The summed E-state index contributed by atoms with van der Waals surface area (Å²) in [5.41, 5.74) is 0.0488. The summed E-state index contributed by atoms with van der Waals surface area (Å²) >= 11 is 0.969. The molecule has 4 aromatic rings. The summed E-state index contributed by atoms with van der Waals surface area (Å²) in [6.07, 6.45) is -4.51. The van der Waals surface area contributed by atoms with Crippen molar-refractivity contribution >= 4 is 38.8 Å². The summed E-state index contributed by atoms with van der Waals surface area (Å²) in [5.74, 6) is 0. The van der Waals surface area contributed by atoms with E-state index in [1.807, 2.05) is 32.0 Å². The van der Waals surface area contributed by atoms with E-state index in [0.29, 0.717) is 11.0 Å². The minimum absolute atomic E-state index is 0.132. The molecule has 0 saturated heterocycles. The molecule has 0 atom stereocenters. The molecule has 1 N–H and O–H groups in total. The third-order valence-electron chi connectivity index (χ3n) is 4.98. The van der Waals surface area contributed by atoms with Crippen molar-refractivity contribution < 1.29 is 17.6 Å². The molecule has 0 radical (unpaired) electrons. The Bertz CT molecular complexity index is 1310. The second-order valence-corrected chi connectivity index (χ2v) is 7.90. The first-order valence-corrected chi connectivity index (χ1v) is 10.7. The molecule has 0 saturated carbocycles. The van der Waals surface area contributed by atoms with E-state index in [-0.39, 0.29) is 21.4 Å². The molecule has 10 heteroatoms. The SMILES string of the molecule is CCN(CC)c1ccc2cc(-c3nnc(Nc4ccccc4C(F)(F)F)s3)c(=O)oc2c1. The Morgan fingerprint density at radius 2 is 1.81 bits per heavy atom. The predicted molar refractivity (Wildman–Crippen MR) is 120 cm³/mol. The molecule has 4 rings (SSSR count). The van der Waals surface area contributed by atoms with Crippen molar-refractivity contribution in [2.75, 3.05) is 23.3 Å². The molecule has 166 valence electrons. The monoisotopic (exact) mass is 460 g/mol. The Labute approximate surface area is 185 Å². The summed E-state index contributed by atoms with van der Waals surface area (Å²) < 4.78 is 45.2. The molecule has 2 heterocycles. The molecule has 2 aromatic heterocycles. The average Bonchev–Trinajstić information content (AvgIpc) is 3.22. The normalized spacial score (nSPS) is 11.7. The Hall–Kier alpha value is -3.40. The van der Waals surface area contributed by atoms with E-state index in [4.69, 9.17) is 4.42 Å². The van der Waals surface area contributed by atoms with Crippen LogP contribution < -0.4 is 15.8 Å². The van der Waals surface area contributed by atoms with Crippen LogP contribution in [0, 0.1) is 0 Å². The Morgan fingerprint density at radius 1 is 1.06 bits per heavy atom. The van der Waals surface area contributed by atoms with Gasteiger partial charge in [-0.2, -0.15) is 13.2 Å². The lowest BCUT2D eigenvalue weighted by atomic mass is 10.1. The highest BCUT2D eigenvalue weighted by Gasteiger charge is 2.33. The van der Waals surface area contributed by atoms with Gasteiger partial charge in [-0.05, 0) is 44.2 Å². The van der Waals surface area contributed by atoms with Crippen LogP contribution in [-0.4, -0.2) is 23.3 Å². The van der Waals surface area contributed by atoms with Crippen LogP contribution in [0.25, 0.3) is 21.5 Å². The van der Waals surface area contributed by atoms with E-state index < -0.39 is 17.4 Å². The molecule has 0 aliphatic carbocycles. The number of rotatable bonds is 6. The van der Waals surface area contributed by atoms with Gasteiger partial charge in [0.1, 0.15) is 5.58 Å². The first-order chi connectivity index (χ1) is 15.3. The first kappa shape index (κ1) is 21.8. The van der Waals surface area contributed by atoms with Crippen LogP contribution >= 0.6 is 11.3 Å². The van der Waals surface area contributed by atoms with E-state index in [1.54, 1.807) is 6.07 Å². The van der Waals surface area contributed by atoms with E-state index in [1.165, 1.54) is 18.2 Å². The summed E-state index contributed by atoms with van der Waals surface area (Å²) in [6, 6.07) is 12.4. The molecule has 0 spiro atoms. The third kappa shape index (κ3) is 4.31. The number of para-hydroxylation sites is 1. The van der Waals surface area contributed by atoms with Crippen molar-refractivity contribution in [2.24, 2.45) is 0 Å². The summed E-state index contributed by atoms with van der Waals surface area (Å²) in [4.78, 5) is 14.7. The van der Waals surface area contributed by atoms with E-state index >= 15 is 0 Å².